The summed E-state index contributed by atoms with van der Waals surface area (Å²) in [6.07, 6.45) is 0.664. The number of carbonyl (C=O) groups excluding carboxylic acids is 2. The summed E-state index contributed by atoms with van der Waals surface area (Å²) in [5.41, 5.74) is -0.620. The number of ether oxygens (including phenoxy) is 2. The molecular weight excluding hydrogens is 338 g/mol. The number of likely N-dealkylation sites (tertiary alicyclic amines) is 1. The highest BCUT2D eigenvalue weighted by atomic mass is 28.4. The number of piperidine rings is 1. The van der Waals surface area contributed by atoms with E-state index in [0.717, 1.165) is 6.42 Å². The molecule has 25 heavy (non-hydrogen) atoms. The third kappa shape index (κ3) is 5.99. The van der Waals surface area contributed by atoms with E-state index in [0.29, 0.717) is 13.0 Å². The van der Waals surface area contributed by atoms with Crippen LogP contribution in [0.1, 0.15) is 54.4 Å². The first-order chi connectivity index (χ1) is 11.2. The molecule has 1 aliphatic rings. The number of methoxy groups -OCH3 is 1. The van der Waals surface area contributed by atoms with Crippen molar-refractivity contribution in [2.24, 2.45) is 0 Å². The summed E-state index contributed by atoms with van der Waals surface area (Å²) in [5.74, 6) is -0.406. The van der Waals surface area contributed by atoms with E-state index in [1.54, 1.807) is 0 Å². The van der Waals surface area contributed by atoms with Crippen molar-refractivity contribution >= 4 is 20.4 Å². The summed E-state index contributed by atoms with van der Waals surface area (Å²) in [4.78, 5) is 26.2. The van der Waals surface area contributed by atoms with Crippen molar-refractivity contribution < 1.29 is 23.5 Å². The summed E-state index contributed by atoms with van der Waals surface area (Å²) in [7, 11) is -0.615. The first kappa shape index (κ1) is 22.0. The summed E-state index contributed by atoms with van der Waals surface area (Å²) in [6, 6.07) is -0.612. The maximum atomic E-state index is 12.6. The molecular formula is C18H35NO5Si. The maximum Gasteiger partial charge on any atom is 0.411 e. The number of hydrogen-bond acceptors (Lipinski definition) is 5. The van der Waals surface area contributed by atoms with Gasteiger partial charge in [-0.2, -0.15) is 0 Å². The van der Waals surface area contributed by atoms with E-state index in [1.165, 1.54) is 12.0 Å². The zero-order valence-corrected chi connectivity index (χ0v) is 18.3. The van der Waals surface area contributed by atoms with Crippen molar-refractivity contribution in [3.63, 3.8) is 0 Å². The van der Waals surface area contributed by atoms with E-state index >= 15 is 0 Å². The molecule has 146 valence electrons. The summed E-state index contributed by atoms with van der Waals surface area (Å²) in [5, 5.41) is 0.0863. The molecule has 1 aliphatic heterocycles. The van der Waals surface area contributed by atoms with Crippen molar-refractivity contribution in [3.05, 3.63) is 0 Å². The van der Waals surface area contributed by atoms with Crippen LogP contribution in [0.3, 0.4) is 0 Å². The third-order valence-corrected chi connectivity index (χ3v) is 9.44. The lowest BCUT2D eigenvalue weighted by molar-refractivity contribution is -0.149. The van der Waals surface area contributed by atoms with Gasteiger partial charge in [0.1, 0.15) is 11.6 Å². The van der Waals surface area contributed by atoms with E-state index in [9.17, 15) is 9.59 Å². The predicted octanol–water partition coefficient (Wildman–Crippen LogP) is 3.95. The first-order valence-electron chi connectivity index (χ1n) is 8.93. The Morgan fingerprint density at radius 1 is 1.04 bits per heavy atom. The molecule has 0 radical (unpaired) electrons. The second-order valence-corrected chi connectivity index (χ2v) is 14.0. The Hall–Kier alpha value is -1.08. The monoisotopic (exact) mass is 373 g/mol. The molecule has 1 heterocycles. The smallest absolute Gasteiger partial charge is 0.411 e. The van der Waals surface area contributed by atoms with Crippen LogP contribution in [0, 0.1) is 0 Å². The van der Waals surface area contributed by atoms with Crippen LogP contribution in [0.15, 0.2) is 0 Å². The van der Waals surface area contributed by atoms with E-state index < -0.39 is 32.0 Å². The topological polar surface area (TPSA) is 65.1 Å². The quantitative estimate of drug-likeness (QED) is 0.553. The van der Waals surface area contributed by atoms with Gasteiger partial charge in [-0.1, -0.05) is 20.8 Å². The molecule has 1 amide bonds. The van der Waals surface area contributed by atoms with Crippen LogP contribution in [0.4, 0.5) is 4.79 Å². The summed E-state index contributed by atoms with van der Waals surface area (Å²) in [6.45, 7) is 16.7. The van der Waals surface area contributed by atoms with E-state index in [-0.39, 0.29) is 11.1 Å². The average Bonchev–Trinajstić information content (AvgIpc) is 2.43. The number of amides is 1. The number of nitrogens with zero attached hydrogens (tertiary/aromatic N) is 1. The fourth-order valence-corrected chi connectivity index (χ4v) is 3.91. The standard InChI is InChI=1S/C18H35NO5Si/c1-17(2,3)23-16(21)19-12-13(10-11-14(19)15(20)22-7)24-25(8,9)18(4,5)6/h13-14H,10-12H2,1-9H3/t13?,14-/m1/s1. The van der Waals surface area contributed by atoms with Gasteiger partial charge in [0.05, 0.1) is 13.2 Å². The Morgan fingerprint density at radius 3 is 2.04 bits per heavy atom. The number of hydrogen-bond donors (Lipinski definition) is 0. The zero-order chi connectivity index (χ0) is 19.6. The van der Waals surface area contributed by atoms with Gasteiger partial charge < -0.3 is 13.9 Å². The molecule has 7 heteroatoms. The highest BCUT2D eigenvalue weighted by Gasteiger charge is 2.44. The number of esters is 1. The molecule has 0 bridgehead atoms. The van der Waals surface area contributed by atoms with Crippen molar-refractivity contribution in [2.45, 2.75) is 90.3 Å². The highest BCUT2D eigenvalue weighted by Crippen LogP contribution is 2.38. The molecule has 0 aromatic heterocycles. The van der Waals surface area contributed by atoms with Gasteiger partial charge in [0.15, 0.2) is 8.32 Å². The molecule has 0 spiro atoms. The Labute approximate surface area is 153 Å². The average molecular weight is 374 g/mol. The minimum atomic E-state index is -1.96. The minimum Gasteiger partial charge on any atom is -0.467 e. The number of rotatable bonds is 3. The summed E-state index contributed by atoms with van der Waals surface area (Å²) < 4.78 is 16.8. The van der Waals surface area contributed by atoms with Crippen LogP contribution >= 0.6 is 0 Å². The molecule has 6 nitrogen and oxygen atoms in total. The molecule has 1 rings (SSSR count). The molecule has 1 fully saturated rings. The molecule has 0 saturated carbocycles. The predicted molar refractivity (Wildman–Crippen MR) is 100 cm³/mol. The molecule has 0 aliphatic carbocycles. The van der Waals surface area contributed by atoms with Crippen molar-refractivity contribution in [1.29, 1.82) is 0 Å². The van der Waals surface area contributed by atoms with Crippen molar-refractivity contribution in [2.75, 3.05) is 13.7 Å². The lowest BCUT2D eigenvalue weighted by atomic mass is 10.0. The Balaban J connectivity index is 2.94. The largest absolute Gasteiger partial charge is 0.467 e. The molecule has 1 unspecified atom stereocenters. The maximum absolute atomic E-state index is 12.6. The van der Waals surface area contributed by atoms with Gasteiger partial charge in [0, 0.05) is 6.54 Å². The highest BCUT2D eigenvalue weighted by molar-refractivity contribution is 6.74. The van der Waals surface area contributed by atoms with E-state index in [1.807, 2.05) is 20.8 Å². The zero-order valence-electron chi connectivity index (χ0n) is 17.3. The molecule has 2 atom stereocenters. The van der Waals surface area contributed by atoms with Gasteiger partial charge >= 0.3 is 12.1 Å². The van der Waals surface area contributed by atoms with Crippen LogP contribution in [-0.4, -0.2) is 56.7 Å². The van der Waals surface area contributed by atoms with Gasteiger partial charge in [0.25, 0.3) is 0 Å². The molecule has 0 N–H and O–H groups in total. The van der Waals surface area contributed by atoms with Crippen molar-refractivity contribution in [1.82, 2.24) is 4.90 Å². The molecule has 1 saturated heterocycles. The Kier molecular flexibility index (Phi) is 6.73. The lowest BCUT2D eigenvalue weighted by Gasteiger charge is -2.44. The van der Waals surface area contributed by atoms with Crippen LogP contribution < -0.4 is 0 Å². The molecule has 0 aromatic carbocycles. The third-order valence-electron chi connectivity index (χ3n) is 4.91. The van der Waals surface area contributed by atoms with Crippen LogP contribution in [0.5, 0.6) is 0 Å². The second-order valence-electron chi connectivity index (χ2n) is 9.25. The second kappa shape index (κ2) is 7.66. The van der Waals surface area contributed by atoms with Gasteiger partial charge in [-0.05, 0) is 51.7 Å². The van der Waals surface area contributed by atoms with Crippen LogP contribution in [0.2, 0.25) is 18.1 Å². The van der Waals surface area contributed by atoms with Gasteiger partial charge in [-0.3, -0.25) is 4.90 Å². The summed E-state index contributed by atoms with van der Waals surface area (Å²) >= 11 is 0. The van der Waals surface area contributed by atoms with E-state index in [2.05, 4.69) is 33.9 Å². The van der Waals surface area contributed by atoms with E-state index in [4.69, 9.17) is 13.9 Å². The lowest BCUT2D eigenvalue weighted by Crippen LogP contribution is -2.56. The fourth-order valence-electron chi connectivity index (χ4n) is 2.53. The normalized spacial score (nSPS) is 22.5. The molecule has 0 aromatic rings. The first-order valence-corrected chi connectivity index (χ1v) is 11.8. The fraction of sp³-hybridized carbons (Fsp3) is 0.889. The Morgan fingerprint density at radius 2 is 1.60 bits per heavy atom. The van der Waals surface area contributed by atoms with Gasteiger partial charge in [-0.15, -0.1) is 0 Å². The van der Waals surface area contributed by atoms with Gasteiger partial charge in [-0.25, -0.2) is 9.59 Å². The number of carbonyl (C=O) groups is 2. The SMILES string of the molecule is COC(=O)[C@H]1CCC(O[Si](C)(C)C(C)(C)C)CN1C(=O)OC(C)(C)C. The van der Waals surface area contributed by atoms with Crippen molar-refractivity contribution in [3.8, 4) is 0 Å². The Bertz CT molecular complexity index is 493. The van der Waals surface area contributed by atoms with Crippen LogP contribution in [0.25, 0.3) is 0 Å². The van der Waals surface area contributed by atoms with Crippen LogP contribution in [-0.2, 0) is 18.7 Å². The van der Waals surface area contributed by atoms with Gasteiger partial charge in [0.2, 0.25) is 0 Å². The minimum absolute atomic E-state index is 0.0863.